The molecule has 4 rings (SSSR count). The largest absolute Gasteiger partial charge is 0.308 e. The van der Waals surface area contributed by atoms with Crippen molar-refractivity contribution < 1.29 is 4.79 Å². The number of aromatic nitrogens is 2. The van der Waals surface area contributed by atoms with E-state index in [-0.39, 0.29) is 5.91 Å². The van der Waals surface area contributed by atoms with Gasteiger partial charge in [-0.2, -0.15) is 5.10 Å². The highest BCUT2D eigenvalue weighted by Gasteiger charge is 2.25. The third-order valence-corrected chi connectivity index (χ3v) is 4.51. The molecule has 0 spiro atoms. The number of aryl methyl sites for hydroxylation is 2. The first-order valence-corrected chi connectivity index (χ1v) is 8.24. The van der Waals surface area contributed by atoms with Crippen LogP contribution in [0.5, 0.6) is 0 Å². The Hall–Kier alpha value is -2.88. The second-order valence-electron chi connectivity index (χ2n) is 6.15. The van der Waals surface area contributed by atoms with E-state index in [0.717, 1.165) is 36.3 Å². The maximum Gasteiger partial charge on any atom is 0.261 e. The summed E-state index contributed by atoms with van der Waals surface area (Å²) in [7, 11) is 0. The highest BCUT2D eigenvalue weighted by Crippen LogP contribution is 2.31. The van der Waals surface area contributed by atoms with E-state index in [1.807, 2.05) is 41.4 Å². The highest BCUT2D eigenvalue weighted by atomic mass is 16.2. The molecular weight excluding hydrogens is 298 g/mol. The lowest BCUT2D eigenvalue weighted by molar-refractivity contribution is 0.0985. The molecule has 24 heavy (non-hydrogen) atoms. The molecular formula is C20H19N3O. The SMILES string of the molecule is Cc1cccc2c1N(C(=O)c1cnn(-c3ccccc3)c1)CCC2. The first kappa shape index (κ1) is 14.7. The van der Waals surface area contributed by atoms with Gasteiger partial charge in [0.05, 0.1) is 23.1 Å². The van der Waals surface area contributed by atoms with E-state index in [2.05, 4.69) is 30.2 Å². The van der Waals surface area contributed by atoms with E-state index in [1.54, 1.807) is 10.9 Å². The lowest BCUT2D eigenvalue weighted by atomic mass is 9.98. The Balaban J connectivity index is 1.68. The average Bonchev–Trinajstić information content (AvgIpc) is 3.12. The van der Waals surface area contributed by atoms with E-state index in [1.165, 1.54) is 5.56 Å². The fourth-order valence-electron chi connectivity index (χ4n) is 3.36. The number of benzene rings is 2. The van der Waals surface area contributed by atoms with Crippen molar-refractivity contribution in [2.75, 3.05) is 11.4 Å². The van der Waals surface area contributed by atoms with Crippen molar-refractivity contribution in [2.24, 2.45) is 0 Å². The van der Waals surface area contributed by atoms with Gasteiger partial charge in [-0.15, -0.1) is 0 Å². The molecule has 0 fully saturated rings. The number of rotatable bonds is 2. The quantitative estimate of drug-likeness (QED) is 0.721. The van der Waals surface area contributed by atoms with Gasteiger partial charge in [-0.05, 0) is 43.0 Å². The maximum atomic E-state index is 13.0. The van der Waals surface area contributed by atoms with Crippen LogP contribution in [0.15, 0.2) is 60.9 Å². The van der Waals surface area contributed by atoms with Crippen LogP contribution in [0, 0.1) is 6.92 Å². The molecule has 1 aliphatic heterocycles. The topological polar surface area (TPSA) is 38.1 Å². The molecule has 0 atom stereocenters. The summed E-state index contributed by atoms with van der Waals surface area (Å²) in [6, 6.07) is 16.1. The summed E-state index contributed by atoms with van der Waals surface area (Å²) in [4.78, 5) is 14.9. The van der Waals surface area contributed by atoms with Crippen LogP contribution < -0.4 is 4.90 Å². The standard InChI is InChI=1S/C20H19N3O/c1-15-7-5-8-16-9-6-12-22(19(15)16)20(24)17-13-21-23(14-17)18-10-3-2-4-11-18/h2-5,7-8,10-11,13-14H,6,9,12H2,1H3. The van der Waals surface area contributed by atoms with Crippen molar-refractivity contribution in [3.63, 3.8) is 0 Å². The Morgan fingerprint density at radius 3 is 2.75 bits per heavy atom. The molecule has 0 saturated heterocycles. The van der Waals surface area contributed by atoms with Crippen molar-refractivity contribution >= 4 is 11.6 Å². The van der Waals surface area contributed by atoms with Crippen LogP contribution in [0.4, 0.5) is 5.69 Å². The summed E-state index contributed by atoms with van der Waals surface area (Å²) < 4.78 is 1.75. The van der Waals surface area contributed by atoms with E-state index < -0.39 is 0 Å². The molecule has 0 N–H and O–H groups in total. The van der Waals surface area contributed by atoms with Crippen LogP contribution >= 0.6 is 0 Å². The zero-order valence-electron chi connectivity index (χ0n) is 13.6. The van der Waals surface area contributed by atoms with Gasteiger partial charge in [0.2, 0.25) is 0 Å². The number of para-hydroxylation sites is 2. The number of hydrogen-bond acceptors (Lipinski definition) is 2. The number of hydrogen-bond donors (Lipinski definition) is 0. The summed E-state index contributed by atoms with van der Waals surface area (Å²) in [5.74, 6) is 0.0208. The van der Waals surface area contributed by atoms with Crippen molar-refractivity contribution in [3.05, 3.63) is 77.6 Å². The number of fused-ring (bicyclic) bond motifs is 1. The Morgan fingerprint density at radius 2 is 1.92 bits per heavy atom. The van der Waals surface area contributed by atoms with Gasteiger partial charge in [-0.3, -0.25) is 4.79 Å². The Morgan fingerprint density at radius 1 is 1.08 bits per heavy atom. The van der Waals surface area contributed by atoms with Crippen LogP contribution in [0.25, 0.3) is 5.69 Å². The molecule has 1 aromatic heterocycles. The monoisotopic (exact) mass is 317 g/mol. The molecule has 0 unspecified atom stereocenters. The molecule has 0 aliphatic carbocycles. The predicted octanol–water partition coefficient (Wildman–Crippen LogP) is 3.77. The Kier molecular flexibility index (Phi) is 3.65. The number of carbonyl (C=O) groups excluding carboxylic acids is 1. The second kappa shape index (κ2) is 5.96. The van der Waals surface area contributed by atoms with Gasteiger partial charge >= 0.3 is 0 Å². The second-order valence-corrected chi connectivity index (χ2v) is 6.15. The number of amides is 1. The van der Waals surface area contributed by atoms with Gasteiger partial charge in [0.1, 0.15) is 0 Å². The summed E-state index contributed by atoms with van der Waals surface area (Å²) in [6.45, 7) is 2.82. The number of nitrogens with zero attached hydrogens (tertiary/aromatic N) is 3. The third-order valence-electron chi connectivity index (χ3n) is 4.51. The third kappa shape index (κ3) is 2.50. The average molecular weight is 317 g/mol. The number of carbonyl (C=O) groups is 1. The zero-order chi connectivity index (χ0) is 16.5. The highest BCUT2D eigenvalue weighted by molar-refractivity contribution is 6.07. The minimum atomic E-state index is 0.0208. The van der Waals surface area contributed by atoms with Crippen molar-refractivity contribution in [3.8, 4) is 5.69 Å². The molecule has 4 nitrogen and oxygen atoms in total. The Bertz CT molecular complexity index is 883. The summed E-state index contributed by atoms with van der Waals surface area (Å²) in [5, 5.41) is 4.35. The summed E-state index contributed by atoms with van der Waals surface area (Å²) >= 11 is 0. The normalized spacial score (nSPS) is 13.6. The lowest BCUT2D eigenvalue weighted by Crippen LogP contribution is -2.35. The molecule has 4 heteroatoms. The van der Waals surface area contributed by atoms with Gasteiger partial charge in [-0.1, -0.05) is 36.4 Å². The van der Waals surface area contributed by atoms with Gasteiger partial charge in [0, 0.05) is 12.7 Å². The van der Waals surface area contributed by atoms with Gasteiger partial charge < -0.3 is 4.90 Å². The van der Waals surface area contributed by atoms with E-state index in [4.69, 9.17) is 0 Å². The van der Waals surface area contributed by atoms with Crippen LogP contribution in [0.1, 0.15) is 27.9 Å². The summed E-state index contributed by atoms with van der Waals surface area (Å²) in [6.07, 6.45) is 5.49. The fraction of sp³-hybridized carbons (Fsp3) is 0.200. The van der Waals surface area contributed by atoms with E-state index >= 15 is 0 Å². The van der Waals surface area contributed by atoms with Gasteiger partial charge in [-0.25, -0.2) is 4.68 Å². The fourth-order valence-corrected chi connectivity index (χ4v) is 3.36. The minimum Gasteiger partial charge on any atom is -0.308 e. The summed E-state index contributed by atoms with van der Waals surface area (Å²) in [5.41, 5.74) is 5.05. The number of anilines is 1. The van der Waals surface area contributed by atoms with Crippen LogP contribution in [-0.2, 0) is 6.42 Å². The maximum absolute atomic E-state index is 13.0. The van der Waals surface area contributed by atoms with E-state index in [9.17, 15) is 4.79 Å². The molecule has 2 aromatic carbocycles. The van der Waals surface area contributed by atoms with Crippen molar-refractivity contribution in [1.29, 1.82) is 0 Å². The van der Waals surface area contributed by atoms with Gasteiger partial charge in [0.15, 0.2) is 0 Å². The van der Waals surface area contributed by atoms with Crippen LogP contribution in [-0.4, -0.2) is 22.2 Å². The van der Waals surface area contributed by atoms with Crippen molar-refractivity contribution in [1.82, 2.24) is 9.78 Å². The lowest BCUT2D eigenvalue weighted by Gasteiger charge is -2.30. The molecule has 0 bridgehead atoms. The molecule has 120 valence electrons. The van der Waals surface area contributed by atoms with E-state index in [0.29, 0.717) is 5.56 Å². The van der Waals surface area contributed by atoms with Gasteiger partial charge in [0.25, 0.3) is 5.91 Å². The molecule has 0 saturated carbocycles. The Labute approximate surface area is 141 Å². The molecule has 2 heterocycles. The molecule has 1 amide bonds. The minimum absolute atomic E-state index is 0.0208. The zero-order valence-corrected chi connectivity index (χ0v) is 13.6. The predicted molar refractivity (Wildman–Crippen MR) is 94.7 cm³/mol. The van der Waals surface area contributed by atoms with Crippen LogP contribution in [0.3, 0.4) is 0 Å². The molecule has 1 aliphatic rings. The smallest absolute Gasteiger partial charge is 0.261 e. The molecule has 3 aromatic rings. The van der Waals surface area contributed by atoms with Crippen LogP contribution in [0.2, 0.25) is 0 Å². The molecule has 0 radical (unpaired) electrons. The first-order chi connectivity index (χ1) is 11.7. The first-order valence-electron chi connectivity index (χ1n) is 8.24. The van der Waals surface area contributed by atoms with Crippen molar-refractivity contribution in [2.45, 2.75) is 19.8 Å².